The molecule has 0 fully saturated rings. The van der Waals surface area contributed by atoms with Crippen molar-refractivity contribution in [3.8, 4) is 11.6 Å². The van der Waals surface area contributed by atoms with Crippen LogP contribution in [0.2, 0.25) is 0 Å². The minimum Gasteiger partial charge on any atom is -0.427 e. The van der Waals surface area contributed by atoms with Crippen molar-refractivity contribution in [1.82, 2.24) is 9.55 Å². The molecule has 32 heavy (non-hydrogen) atoms. The Bertz CT molecular complexity index is 1160. The number of hydrogen-bond donors (Lipinski definition) is 0. The van der Waals surface area contributed by atoms with E-state index in [1.54, 1.807) is 12.1 Å². The maximum Gasteiger partial charge on any atom is 0.309 e. The zero-order valence-electron chi connectivity index (χ0n) is 18.4. The first kappa shape index (κ1) is 21.5. The molecule has 3 aromatic rings. The Morgan fingerprint density at radius 3 is 2.25 bits per heavy atom. The van der Waals surface area contributed by atoms with Gasteiger partial charge in [0.1, 0.15) is 11.4 Å². The van der Waals surface area contributed by atoms with E-state index in [0.717, 1.165) is 22.7 Å². The summed E-state index contributed by atoms with van der Waals surface area (Å²) in [5.41, 5.74) is 3.65. The monoisotopic (exact) mass is 431 g/mol. The normalized spacial score (nSPS) is 15.0. The van der Waals surface area contributed by atoms with Gasteiger partial charge < -0.3 is 9.47 Å². The van der Waals surface area contributed by atoms with Crippen LogP contribution in [0.5, 0.6) is 11.6 Å². The van der Waals surface area contributed by atoms with E-state index in [-0.39, 0.29) is 12.0 Å². The van der Waals surface area contributed by atoms with Gasteiger partial charge in [-0.1, -0.05) is 42.5 Å². The van der Waals surface area contributed by atoms with Crippen molar-refractivity contribution in [3.05, 3.63) is 77.2 Å². The molecule has 164 valence electrons. The molecule has 0 saturated heterocycles. The van der Waals surface area contributed by atoms with Crippen LogP contribution in [0.1, 0.15) is 49.5 Å². The molecule has 0 spiro atoms. The molecule has 1 unspecified atom stereocenters. The lowest BCUT2D eigenvalue weighted by Crippen LogP contribution is -2.25. The molecule has 4 rings (SSSR count). The number of fused-ring (bicyclic) bond motifs is 1. The van der Waals surface area contributed by atoms with Crippen LogP contribution in [0.15, 0.2) is 59.6 Å². The number of benzene rings is 2. The van der Waals surface area contributed by atoms with E-state index in [9.17, 15) is 9.59 Å². The lowest BCUT2D eigenvalue weighted by molar-refractivity contribution is -0.133. The van der Waals surface area contributed by atoms with Gasteiger partial charge in [0.25, 0.3) is 0 Å². The standard InChI is InChI=1S/C25H25N3O4/c1-16-15-26-22(13-19-7-5-4-6-8-19)24-27-23(25(28(16)24)32-18(3)30)14-20-9-11-21(12-10-20)31-17(2)29/h4-12,16H,13-15H2,1-3H3. The first-order chi connectivity index (χ1) is 15.4. The molecule has 2 heterocycles. The summed E-state index contributed by atoms with van der Waals surface area (Å²) >= 11 is 0. The predicted octanol–water partition coefficient (Wildman–Crippen LogP) is 3.93. The summed E-state index contributed by atoms with van der Waals surface area (Å²) in [6.07, 6.45) is 1.12. The Labute approximate surface area is 186 Å². The third kappa shape index (κ3) is 4.77. The minimum absolute atomic E-state index is 0.0199. The second-order valence-electron chi connectivity index (χ2n) is 7.86. The molecular weight excluding hydrogens is 406 g/mol. The number of nitrogens with zero attached hydrogens (tertiary/aromatic N) is 3. The van der Waals surface area contributed by atoms with Crippen LogP contribution >= 0.6 is 0 Å². The molecule has 0 amide bonds. The number of carbonyl (C=O) groups excluding carboxylic acids is 2. The second kappa shape index (κ2) is 9.18. The van der Waals surface area contributed by atoms with Gasteiger partial charge in [0, 0.05) is 26.7 Å². The summed E-state index contributed by atoms with van der Waals surface area (Å²) in [5.74, 6) is 0.922. The number of aromatic nitrogens is 2. The SMILES string of the molecule is CC(=O)Oc1ccc(Cc2nc3n(c2OC(C)=O)C(C)CN=C3Cc2ccccc2)cc1. The van der Waals surface area contributed by atoms with Crippen molar-refractivity contribution in [3.63, 3.8) is 0 Å². The summed E-state index contributed by atoms with van der Waals surface area (Å²) in [6, 6.07) is 17.4. The van der Waals surface area contributed by atoms with Gasteiger partial charge in [-0.2, -0.15) is 0 Å². The molecule has 1 atom stereocenters. The number of imidazole rings is 1. The number of rotatable bonds is 6. The largest absolute Gasteiger partial charge is 0.427 e. The van der Waals surface area contributed by atoms with Gasteiger partial charge in [0.05, 0.1) is 18.3 Å². The molecule has 0 aliphatic carbocycles. The predicted molar refractivity (Wildman–Crippen MR) is 120 cm³/mol. The van der Waals surface area contributed by atoms with Crippen molar-refractivity contribution >= 4 is 17.7 Å². The Morgan fingerprint density at radius 2 is 1.59 bits per heavy atom. The lowest BCUT2D eigenvalue weighted by Gasteiger charge is -2.22. The molecule has 0 N–H and O–H groups in total. The first-order valence-electron chi connectivity index (χ1n) is 10.5. The Morgan fingerprint density at radius 1 is 0.938 bits per heavy atom. The molecule has 0 saturated carbocycles. The fourth-order valence-corrected chi connectivity index (χ4v) is 3.79. The van der Waals surface area contributed by atoms with Crippen LogP contribution < -0.4 is 9.47 Å². The molecule has 1 aliphatic rings. The molecular formula is C25H25N3O4. The molecule has 7 heteroatoms. The van der Waals surface area contributed by atoms with E-state index in [4.69, 9.17) is 19.5 Å². The van der Waals surface area contributed by atoms with Crippen LogP contribution in [0.4, 0.5) is 0 Å². The first-order valence-corrected chi connectivity index (χ1v) is 10.5. The maximum atomic E-state index is 11.9. The van der Waals surface area contributed by atoms with Crippen molar-refractivity contribution < 1.29 is 19.1 Å². The molecule has 2 aromatic carbocycles. The van der Waals surface area contributed by atoms with Gasteiger partial charge in [-0.25, -0.2) is 4.98 Å². The van der Waals surface area contributed by atoms with Crippen LogP contribution in [-0.4, -0.2) is 33.7 Å². The molecule has 1 aromatic heterocycles. The summed E-state index contributed by atoms with van der Waals surface area (Å²) < 4.78 is 12.7. The molecule has 7 nitrogen and oxygen atoms in total. The second-order valence-corrected chi connectivity index (χ2v) is 7.86. The quantitative estimate of drug-likeness (QED) is 0.436. The third-order valence-corrected chi connectivity index (χ3v) is 5.19. The van der Waals surface area contributed by atoms with Crippen LogP contribution in [0.25, 0.3) is 0 Å². The summed E-state index contributed by atoms with van der Waals surface area (Å²) in [6.45, 7) is 5.39. The van der Waals surface area contributed by atoms with Gasteiger partial charge in [0.15, 0.2) is 5.82 Å². The number of ether oxygens (including phenoxy) is 2. The van der Waals surface area contributed by atoms with Crippen LogP contribution in [-0.2, 0) is 22.4 Å². The van der Waals surface area contributed by atoms with Crippen LogP contribution in [0, 0.1) is 0 Å². The molecule has 0 radical (unpaired) electrons. The highest BCUT2D eigenvalue weighted by atomic mass is 16.5. The van der Waals surface area contributed by atoms with Gasteiger partial charge in [0.2, 0.25) is 5.88 Å². The Kier molecular flexibility index (Phi) is 6.16. The van der Waals surface area contributed by atoms with Crippen molar-refractivity contribution in [2.24, 2.45) is 4.99 Å². The highest BCUT2D eigenvalue weighted by Crippen LogP contribution is 2.31. The van der Waals surface area contributed by atoms with E-state index in [2.05, 4.69) is 12.1 Å². The smallest absolute Gasteiger partial charge is 0.309 e. The number of carbonyl (C=O) groups is 2. The number of aliphatic imine (C=N–C) groups is 1. The van der Waals surface area contributed by atoms with Crippen molar-refractivity contribution in [2.45, 2.75) is 39.7 Å². The van der Waals surface area contributed by atoms with E-state index < -0.39 is 5.97 Å². The summed E-state index contributed by atoms with van der Waals surface area (Å²) in [4.78, 5) is 32.7. The Hall–Kier alpha value is -3.74. The van der Waals surface area contributed by atoms with Gasteiger partial charge >= 0.3 is 11.9 Å². The lowest BCUT2D eigenvalue weighted by atomic mass is 10.1. The van der Waals surface area contributed by atoms with Gasteiger partial charge in [-0.15, -0.1) is 0 Å². The summed E-state index contributed by atoms with van der Waals surface area (Å²) in [7, 11) is 0. The fraction of sp³-hybridized carbons (Fsp3) is 0.280. The minimum atomic E-state index is -0.390. The zero-order valence-corrected chi connectivity index (χ0v) is 18.4. The van der Waals surface area contributed by atoms with E-state index >= 15 is 0 Å². The third-order valence-electron chi connectivity index (χ3n) is 5.19. The highest BCUT2D eigenvalue weighted by molar-refractivity contribution is 6.00. The molecule has 0 bridgehead atoms. The zero-order chi connectivity index (χ0) is 22.7. The average Bonchev–Trinajstić information content (AvgIpc) is 3.10. The molecule has 1 aliphatic heterocycles. The van der Waals surface area contributed by atoms with Gasteiger partial charge in [-0.05, 0) is 30.2 Å². The van der Waals surface area contributed by atoms with Crippen LogP contribution in [0.3, 0.4) is 0 Å². The van der Waals surface area contributed by atoms with Crippen molar-refractivity contribution in [1.29, 1.82) is 0 Å². The fourth-order valence-electron chi connectivity index (χ4n) is 3.79. The van der Waals surface area contributed by atoms with Gasteiger partial charge in [-0.3, -0.25) is 19.1 Å². The maximum absolute atomic E-state index is 11.9. The van der Waals surface area contributed by atoms with E-state index in [0.29, 0.717) is 36.7 Å². The Balaban J connectivity index is 1.68. The van der Waals surface area contributed by atoms with E-state index in [1.165, 1.54) is 13.8 Å². The average molecular weight is 431 g/mol. The van der Waals surface area contributed by atoms with Crippen molar-refractivity contribution in [2.75, 3.05) is 6.54 Å². The van der Waals surface area contributed by atoms with E-state index in [1.807, 2.05) is 41.8 Å². The number of hydrogen-bond acceptors (Lipinski definition) is 6. The summed E-state index contributed by atoms with van der Waals surface area (Å²) in [5, 5.41) is 0. The topological polar surface area (TPSA) is 82.8 Å². The number of esters is 2. The highest BCUT2D eigenvalue weighted by Gasteiger charge is 2.29.